The quantitative estimate of drug-likeness (QED) is 0.851. The van der Waals surface area contributed by atoms with E-state index >= 15 is 0 Å². The summed E-state index contributed by atoms with van der Waals surface area (Å²) in [7, 11) is 0. The lowest BCUT2D eigenvalue weighted by atomic mass is 9.89. The fourth-order valence-electron chi connectivity index (χ4n) is 2.03. The molecule has 0 saturated heterocycles. The number of ether oxygens (including phenoxy) is 1. The Kier molecular flexibility index (Phi) is 4.13. The van der Waals surface area contributed by atoms with Crippen LogP contribution in [0, 0.1) is 6.92 Å². The second-order valence-corrected chi connectivity index (χ2v) is 5.06. The van der Waals surface area contributed by atoms with Crippen molar-refractivity contribution in [1.29, 1.82) is 0 Å². The molecule has 1 aromatic rings. The number of aromatic nitrogens is 1. The third kappa shape index (κ3) is 3.03. The second-order valence-electron chi connectivity index (χ2n) is 4.32. The maximum Gasteiger partial charge on any atom is 0.154 e. The van der Waals surface area contributed by atoms with Crippen LogP contribution in [-0.4, -0.2) is 23.7 Å². The molecule has 0 bridgehead atoms. The van der Waals surface area contributed by atoms with E-state index in [1.165, 1.54) is 0 Å². The molecule has 0 spiro atoms. The van der Waals surface area contributed by atoms with Crippen LogP contribution in [-0.2, 0) is 4.74 Å². The Bertz CT molecular complexity index is 382. The first-order valence-corrected chi connectivity index (χ1v) is 6.56. The normalized spacial score (nSPS) is 23.3. The number of nitrogens with one attached hydrogen (secondary N) is 1. The molecule has 1 saturated carbocycles. The van der Waals surface area contributed by atoms with Crippen molar-refractivity contribution in [3.8, 4) is 0 Å². The van der Waals surface area contributed by atoms with Gasteiger partial charge < -0.3 is 10.1 Å². The number of pyridine rings is 1. The van der Waals surface area contributed by atoms with Crippen molar-refractivity contribution in [2.45, 2.75) is 38.8 Å². The van der Waals surface area contributed by atoms with Crippen LogP contribution in [0.1, 0.15) is 25.3 Å². The summed E-state index contributed by atoms with van der Waals surface area (Å²) in [4.78, 5) is 4.04. The van der Waals surface area contributed by atoms with Gasteiger partial charge in [0.15, 0.2) is 5.15 Å². The molecule has 17 heavy (non-hydrogen) atoms. The van der Waals surface area contributed by atoms with Gasteiger partial charge in [0.05, 0.1) is 11.8 Å². The third-order valence-electron chi connectivity index (χ3n) is 2.99. The zero-order chi connectivity index (χ0) is 12.4. The maximum absolute atomic E-state index is 6.07. The van der Waals surface area contributed by atoms with Crippen LogP contribution in [0.5, 0.6) is 0 Å². The summed E-state index contributed by atoms with van der Waals surface area (Å²) in [5, 5.41) is 4.27. The fourth-order valence-corrected chi connectivity index (χ4v) is 2.61. The standard InChI is InChI=1S/C12H16Cl2N2O/c1-3-17-9-5-8(6-9)15-11-7(2)4-10(13)16-12(11)14/h4,8-9,15H,3,5-6H2,1-2H3. The molecular weight excluding hydrogens is 259 g/mol. The monoisotopic (exact) mass is 274 g/mol. The van der Waals surface area contributed by atoms with E-state index in [4.69, 9.17) is 27.9 Å². The number of rotatable bonds is 4. The molecule has 0 radical (unpaired) electrons. The number of anilines is 1. The molecule has 94 valence electrons. The predicted octanol–water partition coefficient (Wildman–Crippen LogP) is 3.68. The summed E-state index contributed by atoms with van der Waals surface area (Å²) in [5.41, 5.74) is 1.91. The van der Waals surface area contributed by atoms with E-state index in [9.17, 15) is 0 Å². The average molecular weight is 275 g/mol. The van der Waals surface area contributed by atoms with Crippen molar-refractivity contribution >= 4 is 28.9 Å². The molecule has 0 aliphatic heterocycles. The smallest absolute Gasteiger partial charge is 0.154 e. The molecular formula is C12H16Cl2N2O. The van der Waals surface area contributed by atoms with E-state index in [1.54, 1.807) is 0 Å². The molecule has 1 heterocycles. The molecule has 1 fully saturated rings. The Morgan fingerprint density at radius 2 is 2.18 bits per heavy atom. The summed E-state index contributed by atoms with van der Waals surface area (Å²) < 4.78 is 5.52. The highest BCUT2D eigenvalue weighted by molar-refractivity contribution is 6.34. The molecule has 1 aliphatic rings. The highest BCUT2D eigenvalue weighted by atomic mass is 35.5. The molecule has 0 atom stereocenters. The molecule has 0 unspecified atom stereocenters. The number of aryl methyl sites for hydroxylation is 1. The minimum Gasteiger partial charge on any atom is -0.379 e. The van der Waals surface area contributed by atoms with Crippen molar-refractivity contribution in [3.63, 3.8) is 0 Å². The number of hydrogen-bond acceptors (Lipinski definition) is 3. The zero-order valence-corrected chi connectivity index (χ0v) is 11.5. The minimum atomic E-state index is 0.386. The van der Waals surface area contributed by atoms with E-state index < -0.39 is 0 Å². The van der Waals surface area contributed by atoms with Gasteiger partial charge in [0.25, 0.3) is 0 Å². The third-order valence-corrected chi connectivity index (χ3v) is 3.45. The highest BCUT2D eigenvalue weighted by Gasteiger charge is 2.30. The number of hydrogen-bond donors (Lipinski definition) is 1. The van der Waals surface area contributed by atoms with Crippen LogP contribution in [0.15, 0.2) is 6.07 Å². The number of halogens is 2. The van der Waals surface area contributed by atoms with E-state index in [1.807, 2.05) is 19.9 Å². The molecule has 3 nitrogen and oxygen atoms in total. The first-order chi connectivity index (χ1) is 8.10. The lowest BCUT2D eigenvalue weighted by Crippen LogP contribution is -2.41. The van der Waals surface area contributed by atoms with Gasteiger partial charge in [-0.05, 0) is 38.3 Å². The van der Waals surface area contributed by atoms with Crippen LogP contribution in [0.2, 0.25) is 10.3 Å². The summed E-state index contributed by atoms with van der Waals surface area (Å²) >= 11 is 11.9. The van der Waals surface area contributed by atoms with Gasteiger partial charge in [-0.1, -0.05) is 23.2 Å². The fraction of sp³-hybridized carbons (Fsp3) is 0.583. The summed E-state index contributed by atoms with van der Waals surface area (Å²) in [5.74, 6) is 0. The van der Waals surface area contributed by atoms with Gasteiger partial charge in [0.2, 0.25) is 0 Å². The zero-order valence-electron chi connectivity index (χ0n) is 9.96. The minimum absolute atomic E-state index is 0.386. The van der Waals surface area contributed by atoms with Crippen LogP contribution >= 0.6 is 23.2 Å². The first-order valence-electron chi connectivity index (χ1n) is 5.81. The summed E-state index contributed by atoms with van der Waals surface area (Å²) in [6.07, 6.45) is 2.43. The van der Waals surface area contributed by atoms with Crippen LogP contribution in [0.3, 0.4) is 0 Å². The second kappa shape index (κ2) is 5.42. The Morgan fingerprint density at radius 1 is 1.47 bits per heavy atom. The molecule has 1 aliphatic carbocycles. The molecule has 1 N–H and O–H groups in total. The lowest BCUT2D eigenvalue weighted by Gasteiger charge is -2.36. The summed E-state index contributed by atoms with van der Waals surface area (Å²) in [6, 6.07) is 2.24. The van der Waals surface area contributed by atoms with Gasteiger partial charge in [0, 0.05) is 12.6 Å². The van der Waals surface area contributed by atoms with Crippen LogP contribution < -0.4 is 5.32 Å². The first kappa shape index (κ1) is 12.9. The Labute approximate surface area is 111 Å². The van der Waals surface area contributed by atoms with Crippen molar-refractivity contribution in [2.24, 2.45) is 0 Å². The van der Waals surface area contributed by atoms with Gasteiger partial charge in [-0.2, -0.15) is 0 Å². The summed E-state index contributed by atoms with van der Waals surface area (Å²) in [6.45, 7) is 4.77. The lowest BCUT2D eigenvalue weighted by molar-refractivity contribution is 0.00298. The molecule has 2 rings (SSSR count). The molecule has 0 amide bonds. The van der Waals surface area contributed by atoms with Crippen molar-refractivity contribution in [1.82, 2.24) is 4.98 Å². The molecule has 1 aromatic heterocycles. The van der Waals surface area contributed by atoms with E-state index in [-0.39, 0.29) is 0 Å². The topological polar surface area (TPSA) is 34.1 Å². The van der Waals surface area contributed by atoms with E-state index in [2.05, 4.69) is 10.3 Å². The largest absolute Gasteiger partial charge is 0.379 e. The Morgan fingerprint density at radius 3 is 2.76 bits per heavy atom. The van der Waals surface area contributed by atoms with Gasteiger partial charge in [-0.25, -0.2) is 4.98 Å². The van der Waals surface area contributed by atoms with E-state index in [0.717, 1.165) is 30.7 Å². The average Bonchev–Trinajstić information content (AvgIpc) is 2.18. The molecule has 0 aromatic carbocycles. The van der Waals surface area contributed by atoms with Crippen LogP contribution in [0.25, 0.3) is 0 Å². The van der Waals surface area contributed by atoms with Crippen molar-refractivity contribution in [2.75, 3.05) is 11.9 Å². The predicted molar refractivity (Wildman–Crippen MR) is 71.1 cm³/mol. The highest BCUT2D eigenvalue weighted by Crippen LogP contribution is 2.32. The number of nitrogens with zero attached hydrogens (tertiary/aromatic N) is 1. The van der Waals surface area contributed by atoms with E-state index in [0.29, 0.717) is 22.5 Å². The van der Waals surface area contributed by atoms with Crippen molar-refractivity contribution in [3.05, 3.63) is 21.9 Å². The van der Waals surface area contributed by atoms with Crippen molar-refractivity contribution < 1.29 is 4.74 Å². The maximum atomic E-state index is 6.07. The Balaban J connectivity index is 1.97. The Hall–Kier alpha value is -0.510. The van der Waals surface area contributed by atoms with Gasteiger partial charge >= 0.3 is 0 Å². The van der Waals surface area contributed by atoms with Crippen LogP contribution in [0.4, 0.5) is 5.69 Å². The SMILES string of the molecule is CCOC1CC(Nc2c(C)cc(Cl)nc2Cl)C1. The van der Waals surface area contributed by atoms with Gasteiger partial charge in [0.1, 0.15) is 5.15 Å². The van der Waals surface area contributed by atoms with Gasteiger partial charge in [-0.3, -0.25) is 0 Å². The molecule has 5 heteroatoms. The van der Waals surface area contributed by atoms with Gasteiger partial charge in [-0.15, -0.1) is 0 Å².